The lowest BCUT2D eigenvalue weighted by Gasteiger charge is -2.25. The molecule has 0 aliphatic carbocycles. The molecule has 0 radical (unpaired) electrons. The van der Waals surface area contributed by atoms with Gasteiger partial charge in [-0.25, -0.2) is 0 Å². The van der Waals surface area contributed by atoms with Gasteiger partial charge in [-0.2, -0.15) is 0 Å². The summed E-state index contributed by atoms with van der Waals surface area (Å²) in [5, 5.41) is 11.7. The summed E-state index contributed by atoms with van der Waals surface area (Å²) in [6.45, 7) is 1.84. The number of methoxy groups -OCH3 is 2. The van der Waals surface area contributed by atoms with Crippen molar-refractivity contribution in [3.8, 4) is 11.5 Å². The standard InChI is InChI=1S/C25H21ClN2O5/c1-14-6-8-17(12-18(14)26)28-22(16-5-4-10-27-13-16)21(24(30)25(28)31)23(29)15-7-9-19(32-2)20(11-15)33-3/h4-13,22,29H,1-3H3/b23-21+. The van der Waals surface area contributed by atoms with Crippen LogP contribution in [0, 0.1) is 6.92 Å². The van der Waals surface area contributed by atoms with Crippen molar-refractivity contribution in [3.05, 3.63) is 88.2 Å². The number of aryl methyl sites for hydroxylation is 1. The minimum absolute atomic E-state index is 0.0584. The fourth-order valence-corrected chi connectivity index (χ4v) is 4.00. The van der Waals surface area contributed by atoms with Crippen LogP contribution in [0.3, 0.4) is 0 Å². The highest BCUT2D eigenvalue weighted by Gasteiger charge is 2.47. The quantitative estimate of drug-likeness (QED) is 0.335. The summed E-state index contributed by atoms with van der Waals surface area (Å²) in [6, 6.07) is 12.4. The van der Waals surface area contributed by atoms with Crippen LogP contribution in [0.5, 0.6) is 11.5 Å². The number of amides is 1. The van der Waals surface area contributed by atoms with Crippen LogP contribution in [0.15, 0.2) is 66.5 Å². The molecule has 8 heteroatoms. The van der Waals surface area contributed by atoms with E-state index < -0.39 is 17.7 Å². The number of ether oxygens (including phenoxy) is 2. The van der Waals surface area contributed by atoms with Gasteiger partial charge in [-0.3, -0.25) is 19.5 Å². The van der Waals surface area contributed by atoms with Crippen molar-refractivity contribution in [2.45, 2.75) is 13.0 Å². The second-order valence-corrected chi connectivity index (χ2v) is 7.87. The average Bonchev–Trinajstić information content (AvgIpc) is 3.10. The molecule has 1 fully saturated rings. The van der Waals surface area contributed by atoms with E-state index in [1.165, 1.54) is 19.1 Å². The number of aromatic nitrogens is 1. The maximum Gasteiger partial charge on any atom is 0.300 e. The molecular formula is C25H21ClN2O5. The molecule has 1 aliphatic heterocycles. The van der Waals surface area contributed by atoms with Crippen molar-refractivity contribution >= 4 is 34.7 Å². The lowest BCUT2D eigenvalue weighted by Crippen LogP contribution is -2.29. The molecule has 0 bridgehead atoms. The van der Waals surface area contributed by atoms with E-state index in [1.54, 1.807) is 60.9 Å². The second kappa shape index (κ2) is 8.96. The number of nitrogens with zero attached hydrogens (tertiary/aromatic N) is 2. The van der Waals surface area contributed by atoms with E-state index in [9.17, 15) is 14.7 Å². The number of Topliss-reactive ketones (excluding diaryl/α,β-unsaturated/α-hetero) is 1. The molecule has 33 heavy (non-hydrogen) atoms. The molecule has 0 spiro atoms. The largest absolute Gasteiger partial charge is 0.507 e. The number of carbonyl (C=O) groups excluding carboxylic acids is 2. The van der Waals surface area contributed by atoms with Crippen molar-refractivity contribution in [1.29, 1.82) is 0 Å². The van der Waals surface area contributed by atoms with E-state index in [4.69, 9.17) is 21.1 Å². The molecule has 4 rings (SSSR count). The maximum atomic E-state index is 13.2. The number of carbonyl (C=O) groups is 2. The highest BCUT2D eigenvalue weighted by molar-refractivity contribution is 6.51. The van der Waals surface area contributed by atoms with Crippen LogP contribution in [0.25, 0.3) is 5.76 Å². The van der Waals surface area contributed by atoms with Crippen LogP contribution in [-0.2, 0) is 9.59 Å². The first-order valence-corrected chi connectivity index (χ1v) is 10.4. The maximum absolute atomic E-state index is 13.2. The van der Waals surface area contributed by atoms with E-state index in [0.717, 1.165) is 5.56 Å². The van der Waals surface area contributed by atoms with Crippen molar-refractivity contribution in [2.75, 3.05) is 19.1 Å². The van der Waals surface area contributed by atoms with Gasteiger partial charge >= 0.3 is 0 Å². The van der Waals surface area contributed by atoms with Crippen LogP contribution in [0.2, 0.25) is 5.02 Å². The summed E-state index contributed by atoms with van der Waals surface area (Å²) in [5.74, 6) is -1.07. The van der Waals surface area contributed by atoms with E-state index in [0.29, 0.717) is 33.3 Å². The Balaban J connectivity index is 1.94. The third kappa shape index (κ3) is 3.91. The van der Waals surface area contributed by atoms with Gasteiger partial charge in [0.05, 0.1) is 25.8 Å². The van der Waals surface area contributed by atoms with Gasteiger partial charge in [-0.15, -0.1) is 0 Å². The third-order valence-electron chi connectivity index (χ3n) is 5.54. The van der Waals surface area contributed by atoms with E-state index in [1.807, 2.05) is 6.92 Å². The summed E-state index contributed by atoms with van der Waals surface area (Å²) < 4.78 is 10.6. The Kier molecular flexibility index (Phi) is 6.07. The van der Waals surface area contributed by atoms with Gasteiger partial charge in [0.2, 0.25) is 0 Å². The smallest absolute Gasteiger partial charge is 0.300 e. The summed E-state index contributed by atoms with van der Waals surface area (Å²) >= 11 is 6.30. The highest BCUT2D eigenvalue weighted by Crippen LogP contribution is 2.43. The number of rotatable bonds is 5. The molecule has 1 amide bonds. The first-order chi connectivity index (χ1) is 15.9. The number of hydrogen-bond donors (Lipinski definition) is 1. The Morgan fingerprint density at radius 3 is 2.45 bits per heavy atom. The molecule has 1 N–H and O–H groups in total. The molecule has 168 valence electrons. The predicted octanol–water partition coefficient (Wildman–Crippen LogP) is 4.69. The first kappa shape index (κ1) is 22.4. The molecule has 1 aliphatic rings. The number of aliphatic hydroxyl groups excluding tert-OH is 1. The second-order valence-electron chi connectivity index (χ2n) is 7.46. The average molecular weight is 465 g/mol. The number of aliphatic hydroxyl groups is 1. The van der Waals surface area contributed by atoms with E-state index in [-0.39, 0.29) is 11.3 Å². The molecule has 0 saturated carbocycles. The summed E-state index contributed by atoms with van der Waals surface area (Å²) in [7, 11) is 2.97. The number of halogens is 1. The van der Waals surface area contributed by atoms with Gasteiger partial charge in [0.1, 0.15) is 5.76 Å². The van der Waals surface area contributed by atoms with Gasteiger partial charge in [-0.1, -0.05) is 23.7 Å². The van der Waals surface area contributed by atoms with Crippen LogP contribution in [0.1, 0.15) is 22.7 Å². The monoisotopic (exact) mass is 464 g/mol. The molecule has 1 aromatic heterocycles. The molecule has 3 aromatic rings. The number of hydrogen-bond acceptors (Lipinski definition) is 6. The summed E-state index contributed by atoms with van der Waals surface area (Å²) in [5.41, 5.74) is 2.09. The molecule has 2 heterocycles. The lowest BCUT2D eigenvalue weighted by molar-refractivity contribution is -0.132. The lowest BCUT2D eigenvalue weighted by atomic mass is 9.96. The zero-order valence-corrected chi connectivity index (χ0v) is 19.0. The van der Waals surface area contributed by atoms with Crippen molar-refractivity contribution in [3.63, 3.8) is 0 Å². The van der Waals surface area contributed by atoms with Gasteiger partial charge in [0, 0.05) is 28.7 Å². The first-order valence-electron chi connectivity index (χ1n) is 10.1. The number of anilines is 1. The van der Waals surface area contributed by atoms with Gasteiger partial charge in [-0.05, 0) is 54.4 Å². The molecule has 2 aromatic carbocycles. The van der Waals surface area contributed by atoms with E-state index >= 15 is 0 Å². The van der Waals surface area contributed by atoms with E-state index in [2.05, 4.69) is 4.98 Å². The zero-order valence-electron chi connectivity index (χ0n) is 18.2. The number of benzene rings is 2. The highest BCUT2D eigenvalue weighted by atomic mass is 35.5. The van der Waals surface area contributed by atoms with Crippen molar-refractivity contribution in [2.24, 2.45) is 0 Å². The Bertz CT molecular complexity index is 1270. The predicted molar refractivity (Wildman–Crippen MR) is 125 cm³/mol. The van der Waals surface area contributed by atoms with Crippen molar-refractivity contribution in [1.82, 2.24) is 4.98 Å². The van der Waals surface area contributed by atoms with Gasteiger partial charge in [0.15, 0.2) is 11.5 Å². The molecule has 1 atom stereocenters. The Morgan fingerprint density at radius 1 is 1.06 bits per heavy atom. The number of pyridine rings is 1. The SMILES string of the molecule is COc1ccc(/C(O)=C2\C(=O)C(=O)N(c3ccc(C)c(Cl)c3)C2c2cccnc2)cc1OC. The molecule has 7 nitrogen and oxygen atoms in total. The zero-order chi connectivity index (χ0) is 23.7. The Morgan fingerprint density at radius 2 is 1.82 bits per heavy atom. The third-order valence-corrected chi connectivity index (χ3v) is 5.94. The van der Waals surface area contributed by atoms with Crippen LogP contribution in [0.4, 0.5) is 5.69 Å². The number of ketones is 1. The van der Waals surface area contributed by atoms with Crippen LogP contribution >= 0.6 is 11.6 Å². The Labute approximate surface area is 195 Å². The molecular weight excluding hydrogens is 444 g/mol. The molecule has 1 unspecified atom stereocenters. The van der Waals surface area contributed by atoms with Crippen molar-refractivity contribution < 1.29 is 24.2 Å². The topological polar surface area (TPSA) is 89.0 Å². The van der Waals surface area contributed by atoms with Crippen LogP contribution in [-0.4, -0.2) is 36.0 Å². The summed E-state index contributed by atoms with van der Waals surface area (Å²) in [6.07, 6.45) is 3.15. The van der Waals surface area contributed by atoms with Crippen LogP contribution < -0.4 is 14.4 Å². The van der Waals surface area contributed by atoms with Gasteiger partial charge < -0.3 is 14.6 Å². The molecule has 1 saturated heterocycles. The minimum Gasteiger partial charge on any atom is -0.507 e. The van der Waals surface area contributed by atoms with Gasteiger partial charge in [0.25, 0.3) is 11.7 Å². The Hall–Kier alpha value is -3.84. The fraction of sp³-hybridized carbons (Fsp3) is 0.160. The minimum atomic E-state index is -0.898. The normalized spacial score (nSPS) is 17.3. The summed E-state index contributed by atoms with van der Waals surface area (Å²) in [4.78, 5) is 31.8. The fourth-order valence-electron chi connectivity index (χ4n) is 3.82.